The van der Waals surface area contributed by atoms with Crippen molar-refractivity contribution >= 4 is 11.6 Å². The maximum Gasteiger partial charge on any atom is 0.253 e. The summed E-state index contributed by atoms with van der Waals surface area (Å²) in [7, 11) is 2.94. The highest BCUT2D eigenvalue weighted by atomic mass is 16.5. The Bertz CT molecular complexity index is 671. The van der Waals surface area contributed by atoms with Gasteiger partial charge in [0.25, 0.3) is 5.91 Å². The Morgan fingerprint density at radius 3 is 2.50 bits per heavy atom. The largest absolute Gasteiger partial charge is 0.493 e. The van der Waals surface area contributed by atoms with Gasteiger partial charge < -0.3 is 14.8 Å². The molecule has 0 spiro atoms. The number of methoxy groups -OCH3 is 1. The lowest BCUT2D eigenvalue weighted by molar-refractivity contribution is 0.0963. The average Bonchev–Trinajstić information content (AvgIpc) is 2.59. The summed E-state index contributed by atoms with van der Waals surface area (Å²) in [6.07, 6.45) is 0. The van der Waals surface area contributed by atoms with E-state index in [4.69, 9.17) is 9.47 Å². The van der Waals surface area contributed by atoms with Crippen LogP contribution in [0.5, 0.6) is 11.5 Å². The van der Waals surface area contributed by atoms with Crippen LogP contribution < -0.4 is 14.8 Å². The lowest BCUT2D eigenvalue weighted by Gasteiger charge is -2.13. The topological polar surface area (TPSA) is 77.0 Å². The molecule has 22 heavy (non-hydrogen) atoms. The predicted molar refractivity (Wildman–Crippen MR) is 82.6 cm³/mol. The van der Waals surface area contributed by atoms with Crippen molar-refractivity contribution in [1.29, 1.82) is 0 Å². The molecule has 1 amide bonds. The quantitative estimate of drug-likeness (QED) is 0.832. The van der Waals surface area contributed by atoms with Crippen molar-refractivity contribution in [3.8, 4) is 11.5 Å². The highest BCUT2D eigenvalue weighted by Crippen LogP contribution is 2.35. The summed E-state index contributed by atoms with van der Waals surface area (Å²) >= 11 is 0. The lowest BCUT2D eigenvalue weighted by atomic mass is 10.1. The zero-order valence-electron chi connectivity index (χ0n) is 12.3. The van der Waals surface area contributed by atoms with Crippen LogP contribution in [0.2, 0.25) is 0 Å². The lowest BCUT2D eigenvalue weighted by Crippen LogP contribution is -2.18. The third-order valence-corrected chi connectivity index (χ3v) is 3.09. The van der Waals surface area contributed by atoms with Crippen molar-refractivity contribution in [1.82, 2.24) is 5.32 Å². The Labute approximate surface area is 128 Å². The van der Waals surface area contributed by atoms with Gasteiger partial charge in [-0.15, -0.1) is 4.91 Å². The Hall–Kier alpha value is -2.89. The maximum absolute atomic E-state index is 11.8. The van der Waals surface area contributed by atoms with Gasteiger partial charge in [-0.1, -0.05) is 30.3 Å². The zero-order valence-corrected chi connectivity index (χ0v) is 12.3. The first-order valence-corrected chi connectivity index (χ1v) is 6.63. The second-order valence-electron chi connectivity index (χ2n) is 4.46. The smallest absolute Gasteiger partial charge is 0.253 e. The normalized spacial score (nSPS) is 9.91. The number of carbonyl (C=O) groups is 1. The molecule has 0 unspecified atom stereocenters. The van der Waals surface area contributed by atoms with Crippen LogP contribution in [0.15, 0.2) is 47.6 Å². The molecule has 0 saturated carbocycles. The number of carbonyl (C=O) groups excluding carboxylic acids is 1. The minimum absolute atomic E-state index is 0.00302. The molecule has 0 aliphatic heterocycles. The summed E-state index contributed by atoms with van der Waals surface area (Å²) in [5.74, 6) is 0.303. The summed E-state index contributed by atoms with van der Waals surface area (Å²) in [4.78, 5) is 22.7. The third kappa shape index (κ3) is 3.41. The van der Waals surface area contributed by atoms with Crippen molar-refractivity contribution in [3.63, 3.8) is 0 Å². The molecule has 6 heteroatoms. The van der Waals surface area contributed by atoms with Gasteiger partial charge in [-0.3, -0.25) is 4.79 Å². The second-order valence-corrected chi connectivity index (χ2v) is 4.46. The van der Waals surface area contributed by atoms with Crippen LogP contribution in [0.25, 0.3) is 0 Å². The Kier molecular flexibility index (Phi) is 5.08. The van der Waals surface area contributed by atoms with Crippen LogP contribution in [0, 0.1) is 4.91 Å². The Balaban J connectivity index is 2.32. The number of nitrogens with one attached hydrogen (secondary N) is 1. The number of benzene rings is 2. The first-order chi connectivity index (χ1) is 10.7. The molecular formula is C16H16N2O4. The van der Waals surface area contributed by atoms with Gasteiger partial charge in [0.1, 0.15) is 12.3 Å². The van der Waals surface area contributed by atoms with Crippen LogP contribution in [0.3, 0.4) is 0 Å². The number of hydrogen-bond donors (Lipinski definition) is 1. The van der Waals surface area contributed by atoms with Gasteiger partial charge in [0.15, 0.2) is 11.5 Å². The summed E-state index contributed by atoms with van der Waals surface area (Å²) in [5, 5.41) is 5.32. The molecule has 0 heterocycles. The number of nitroso groups, excluding NO2 is 1. The molecule has 114 valence electrons. The van der Waals surface area contributed by atoms with E-state index in [1.54, 1.807) is 0 Å². The monoisotopic (exact) mass is 300 g/mol. The Morgan fingerprint density at radius 2 is 1.91 bits per heavy atom. The number of rotatable bonds is 6. The van der Waals surface area contributed by atoms with Crippen LogP contribution in [-0.4, -0.2) is 20.1 Å². The highest BCUT2D eigenvalue weighted by Gasteiger charge is 2.17. The van der Waals surface area contributed by atoms with E-state index in [9.17, 15) is 9.70 Å². The zero-order chi connectivity index (χ0) is 15.9. The fourth-order valence-electron chi connectivity index (χ4n) is 1.95. The van der Waals surface area contributed by atoms with Crippen molar-refractivity contribution in [2.24, 2.45) is 5.18 Å². The van der Waals surface area contributed by atoms with Crippen LogP contribution in [0.4, 0.5) is 5.69 Å². The predicted octanol–water partition coefficient (Wildman–Crippen LogP) is 3.03. The number of ether oxygens (including phenoxy) is 2. The van der Waals surface area contributed by atoms with E-state index in [0.29, 0.717) is 18.1 Å². The molecule has 0 aromatic heterocycles. The molecule has 0 fully saturated rings. The molecule has 0 atom stereocenters. The van der Waals surface area contributed by atoms with Gasteiger partial charge in [0.05, 0.1) is 12.7 Å². The molecule has 0 radical (unpaired) electrons. The summed E-state index contributed by atoms with van der Waals surface area (Å²) in [6.45, 7) is 0.318. The molecule has 6 nitrogen and oxygen atoms in total. The fourth-order valence-corrected chi connectivity index (χ4v) is 1.95. The van der Waals surface area contributed by atoms with Crippen molar-refractivity contribution < 1.29 is 14.3 Å². The first kappa shape index (κ1) is 15.5. The summed E-state index contributed by atoms with van der Waals surface area (Å²) in [5.41, 5.74) is 1.12. The van der Waals surface area contributed by atoms with Gasteiger partial charge in [-0.2, -0.15) is 0 Å². The van der Waals surface area contributed by atoms with E-state index in [2.05, 4.69) is 10.5 Å². The highest BCUT2D eigenvalue weighted by molar-refractivity contribution is 5.99. The van der Waals surface area contributed by atoms with Crippen molar-refractivity contribution in [2.45, 2.75) is 6.61 Å². The average molecular weight is 300 g/mol. The molecule has 2 rings (SSSR count). The summed E-state index contributed by atoms with van der Waals surface area (Å²) in [6, 6.07) is 12.4. The van der Waals surface area contributed by atoms with Crippen LogP contribution in [-0.2, 0) is 6.61 Å². The minimum atomic E-state index is -0.415. The SMILES string of the molecule is CNC(=O)c1cc(OCc2ccccc2)c(OC)cc1N=O. The van der Waals surface area contributed by atoms with Crippen LogP contribution in [0.1, 0.15) is 15.9 Å². The molecule has 1 N–H and O–H groups in total. The van der Waals surface area contributed by atoms with E-state index < -0.39 is 5.91 Å². The molecule has 0 aliphatic rings. The molecular weight excluding hydrogens is 284 g/mol. The van der Waals surface area contributed by atoms with Gasteiger partial charge in [0.2, 0.25) is 0 Å². The van der Waals surface area contributed by atoms with Gasteiger partial charge in [-0.25, -0.2) is 0 Å². The molecule has 0 saturated heterocycles. The van der Waals surface area contributed by atoms with Crippen molar-refractivity contribution in [2.75, 3.05) is 14.2 Å². The molecule has 2 aromatic rings. The molecule has 0 aliphatic carbocycles. The van der Waals surface area contributed by atoms with Gasteiger partial charge in [-0.05, 0) is 16.8 Å². The number of amides is 1. The minimum Gasteiger partial charge on any atom is -0.493 e. The standard InChI is InChI=1S/C16H16N2O4/c1-17-16(19)12-8-15(14(21-2)9-13(12)18-20)22-10-11-6-4-3-5-7-11/h3-9H,10H2,1-2H3,(H,17,19). The van der Waals surface area contributed by atoms with E-state index in [1.807, 2.05) is 30.3 Å². The van der Waals surface area contributed by atoms with E-state index in [1.165, 1.54) is 26.3 Å². The van der Waals surface area contributed by atoms with E-state index in [0.717, 1.165) is 5.56 Å². The van der Waals surface area contributed by atoms with Crippen LogP contribution >= 0.6 is 0 Å². The Morgan fingerprint density at radius 1 is 1.18 bits per heavy atom. The van der Waals surface area contributed by atoms with Gasteiger partial charge in [0, 0.05) is 13.1 Å². The van der Waals surface area contributed by atoms with Crippen molar-refractivity contribution in [3.05, 3.63) is 58.5 Å². The first-order valence-electron chi connectivity index (χ1n) is 6.63. The molecule has 0 bridgehead atoms. The van der Waals surface area contributed by atoms with E-state index >= 15 is 0 Å². The maximum atomic E-state index is 11.8. The van der Waals surface area contributed by atoms with Gasteiger partial charge >= 0.3 is 0 Å². The van der Waals surface area contributed by atoms with E-state index in [-0.39, 0.29) is 11.3 Å². The number of hydrogen-bond acceptors (Lipinski definition) is 5. The fraction of sp³-hybridized carbons (Fsp3) is 0.188. The molecule has 2 aromatic carbocycles. The second kappa shape index (κ2) is 7.21. The third-order valence-electron chi connectivity index (χ3n) is 3.09. The number of nitrogens with zero attached hydrogens (tertiary/aromatic N) is 1. The summed E-state index contributed by atoms with van der Waals surface area (Å²) < 4.78 is 10.9.